The summed E-state index contributed by atoms with van der Waals surface area (Å²) in [4.78, 5) is 14.1. The van der Waals surface area contributed by atoms with Crippen LogP contribution in [0.4, 0.5) is 5.69 Å². The molecule has 0 saturated carbocycles. The minimum Gasteiger partial charge on any atom is -0.494 e. The zero-order chi connectivity index (χ0) is 18.1. The molecule has 0 spiro atoms. The van der Waals surface area contributed by atoms with Gasteiger partial charge in [0, 0.05) is 25.2 Å². The fourth-order valence-corrected chi connectivity index (χ4v) is 2.39. The quantitative estimate of drug-likeness (QED) is 0.801. The Balaban J connectivity index is 1.75. The number of ether oxygens (including phenoxy) is 1. The van der Waals surface area contributed by atoms with Crippen molar-refractivity contribution >= 4 is 11.6 Å². The summed E-state index contributed by atoms with van der Waals surface area (Å²) in [6.07, 6.45) is 0.410. The van der Waals surface area contributed by atoms with Gasteiger partial charge >= 0.3 is 0 Å². The van der Waals surface area contributed by atoms with Crippen LogP contribution in [0.3, 0.4) is 0 Å². The zero-order valence-corrected chi connectivity index (χ0v) is 14.7. The van der Waals surface area contributed by atoms with E-state index in [0.29, 0.717) is 30.8 Å². The standard InChI is InChI=1S/C20H23N3O2/c1-3-25-19-10-6-17(7-11-19)15-23(2)13-12-20(24)22-18-8-4-16(14-21)5-9-18/h4-11H,3,12-13,15H2,1-2H3,(H,22,24). The van der Waals surface area contributed by atoms with Crippen molar-refractivity contribution in [3.8, 4) is 11.8 Å². The van der Waals surface area contributed by atoms with Gasteiger partial charge in [-0.1, -0.05) is 12.1 Å². The molecule has 5 heteroatoms. The van der Waals surface area contributed by atoms with E-state index < -0.39 is 0 Å². The molecule has 2 aromatic rings. The number of carbonyl (C=O) groups excluding carboxylic acids is 1. The minimum absolute atomic E-state index is 0.0387. The summed E-state index contributed by atoms with van der Waals surface area (Å²) in [7, 11) is 1.99. The average molecular weight is 337 g/mol. The summed E-state index contributed by atoms with van der Waals surface area (Å²) in [6.45, 7) is 4.06. The van der Waals surface area contributed by atoms with Crippen LogP contribution in [0.5, 0.6) is 5.75 Å². The van der Waals surface area contributed by atoms with Gasteiger partial charge in [0.25, 0.3) is 0 Å². The molecule has 2 rings (SSSR count). The third kappa shape index (κ3) is 6.28. The number of hydrogen-bond acceptors (Lipinski definition) is 4. The number of amides is 1. The highest BCUT2D eigenvalue weighted by molar-refractivity contribution is 5.90. The molecule has 1 N–H and O–H groups in total. The number of benzene rings is 2. The SMILES string of the molecule is CCOc1ccc(CN(C)CCC(=O)Nc2ccc(C#N)cc2)cc1. The number of anilines is 1. The second-order valence-electron chi connectivity index (χ2n) is 5.80. The number of nitrogens with one attached hydrogen (secondary N) is 1. The van der Waals surface area contributed by atoms with Crippen LogP contribution < -0.4 is 10.1 Å². The van der Waals surface area contributed by atoms with E-state index in [9.17, 15) is 4.79 Å². The molecule has 0 aliphatic carbocycles. The van der Waals surface area contributed by atoms with Crippen molar-refractivity contribution in [2.45, 2.75) is 19.9 Å². The Labute approximate surface area is 148 Å². The first-order valence-corrected chi connectivity index (χ1v) is 8.31. The van der Waals surface area contributed by atoms with Crippen molar-refractivity contribution < 1.29 is 9.53 Å². The first-order chi connectivity index (χ1) is 12.1. The van der Waals surface area contributed by atoms with Crippen molar-refractivity contribution in [1.82, 2.24) is 4.90 Å². The van der Waals surface area contributed by atoms with Gasteiger partial charge in [-0.05, 0) is 55.9 Å². The smallest absolute Gasteiger partial charge is 0.225 e. The molecule has 0 aliphatic rings. The van der Waals surface area contributed by atoms with Crippen LogP contribution in [-0.4, -0.2) is 31.0 Å². The van der Waals surface area contributed by atoms with Gasteiger partial charge < -0.3 is 15.0 Å². The number of nitriles is 1. The van der Waals surface area contributed by atoms with Crippen LogP contribution in [0.25, 0.3) is 0 Å². The second-order valence-corrected chi connectivity index (χ2v) is 5.80. The van der Waals surface area contributed by atoms with E-state index in [-0.39, 0.29) is 5.91 Å². The van der Waals surface area contributed by atoms with Gasteiger partial charge in [0.2, 0.25) is 5.91 Å². The predicted molar refractivity (Wildman–Crippen MR) is 98.3 cm³/mol. The summed E-state index contributed by atoms with van der Waals surface area (Å²) in [5, 5.41) is 11.6. The van der Waals surface area contributed by atoms with Gasteiger partial charge in [0.1, 0.15) is 5.75 Å². The molecular weight excluding hydrogens is 314 g/mol. The van der Waals surface area contributed by atoms with Gasteiger partial charge in [0.15, 0.2) is 0 Å². The summed E-state index contributed by atoms with van der Waals surface area (Å²) in [5.41, 5.74) is 2.46. The first-order valence-electron chi connectivity index (χ1n) is 8.31. The van der Waals surface area contributed by atoms with Crippen molar-refractivity contribution in [2.75, 3.05) is 25.5 Å². The predicted octanol–water partition coefficient (Wildman–Crippen LogP) is 3.42. The number of nitrogens with zero attached hydrogens (tertiary/aromatic N) is 2. The van der Waals surface area contributed by atoms with Crippen LogP contribution in [0, 0.1) is 11.3 Å². The average Bonchev–Trinajstić information content (AvgIpc) is 2.62. The molecule has 0 bridgehead atoms. The van der Waals surface area contributed by atoms with Crippen molar-refractivity contribution in [3.63, 3.8) is 0 Å². The third-order valence-corrected chi connectivity index (χ3v) is 3.71. The van der Waals surface area contributed by atoms with E-state index >= 15 is 0 Å². The molecule has 0 saturated heterocycles. The first kappa shape index (κ1) is 18.5. The highest BCUT2D eigenvalue weighted by Gasteiger charge is 2.06. The van der Waals surface area contributed by atoms with Gasteiger partial charge in [-0.15, -0.1) is 0 Å². The maximum atomic E-state index is 12.0. The van der Waals surface area contributed by atoms with E-state index in [2.05, 4.69) is 16.3 Å². The van der Waals surface area contributed by atoms with Crippen LogP contribution in [0.2, 0.25) is 0 Å². The molecule has 0 aromatic heterocycles. The number of rotatable bonds is 8. The second kappa shape index (κ2) is 9.45. The summed E-state index contributed by atoms with van der Waals surface area (Å²) in [5.74, 6) is 0.832. The van der Waals surface area contributed by atoms with Crippen LogP contribution in [-0.2, 0) is 11.3 Å². The van der Waals surface area contributed by atoms with E-state index in [1.807, 2.05) is 38.2 Å². The van der Waals surface area contributed by atoms with E-state index in [1.54, 1.807) is 24.3 Å². The van der Waals surface area contributed by atoms with Crippen LogP contribution >= 0.6 is 0 Å². The Morgan fingerprint density at radius 1 is 1.16 bits per heavy atom. The largest absolute Gasteiger partial charge is 0.494 e. The van der Waals surface area contributed by atoms with Crippen LogP contribution in [0.15, 0.2) is 48.5 Å². The van der Waals surface area contributed by atoms with Crippen molar-refractivity contribution in [2.24, 2.45) is 0 Å². The molecule has 1 amide bonds. The topological polar surface area (TPSA) is 65.4 Å². The highest BCUT2D eigenvalue weighted by atomic mass is 16.5. The van der Waals surface area contributed by atoms with Crippen molar-refractivity contribution in [3.05, 3.63) is 59.7 Å². The minimum atomic E-state index is -0.0387. The lowest BCUT2D eigenvalue weighted by molar-refractivity contribution is -0.116. The van der Waals surface area contributed by atoms with Gasteiger partial charge in [-0.25, -0.2) is 0 Å². The maximum absolute atomic E-state index is 12.0. The molecule has 0 fully saturated rings. The molecule has 130 valence electrons. The lowest BCUT2D eigenvalue weighted by Gasteiger charge is -2.16. The van der Waals surface area contributed by atoms with Crippen LogP contribution in [0.1, 0.15) is 24.5 Å². The van der Waals surface area contributed by atoms with Gasteiger partial charge in [0.05, 0.1) is 18.2 Å². The Bertz CT molecular complexity index is 718. The molecule has 0 atom stereocenters. The maximum Gasteiger partial charge on any atom is 0.225 e. The molecule has 0 radical (unpaired) electrons. The van der Waals surface area contributed by atoms with E-state index in [4.69, 9.17) is 10.00 Å². The molecule has 0 heterocycles. The highest BCUT2D eigenvalue weighted by Crippen LogP contribution is 2.13. The Hall–Kier alpha value is -2.84. The lowest BCUT2D eigenvalue weighted by atomic mass is 10.2. The van der Waals surface area contributed by atoms with Gasteiger partial charge in [-0.3, -0.25) is 4.79 Å². The van der Waals surface area contributed by atoms with Crippen molar-refractivity contribution in [1.29, 1.82) is 5.26 Å². The zero-order valence-electron chi connectivity index (χ0n) is 14.7. The summed E-state index contributed by atoms with van der Waals surface area (Å²) >= 11 is 0. The lowest BCUT2D eigenvalue weighted by Crippen LogP contribution is -2.24. The number of carbonyl (C=O) groups is 1. The summed E-state index contributed by atoms with van der Waals surface area (Å²) in [6, 6.07) is 16.9. The Morgan fingerprint density at radius 3 is 2.44 bits per heavy atom. The number of hydrogen-bond donors (Lipinski definition) is 1. The molecular formula is C20H23N3O2. The molecule has 2 aromatic carbocycles. The Morgan fingerprint density at radius 2 is 1.84 bits per heavy atom. The normalized spacial score (nSPS) is 10.3. The Kier molecular flexibility index (Phi) is 7.00. The van der Waals surface area contributed by atoms with E-state index in [0.717, 1.165) is 12.3 Å². The third-order valence-electron chi connectivity index (χ3n) is 3.71. The van der Waals surface area contributed by atoms with E-state index in [1.165, 1.54) is 5.56 Å². The molecule has 5 nitrogen and oxygen atoms in total. The fraction of sp³-hybridized carbons (Fsp3) is 0.300. The fourth-order valence-electron chi connectivity index (χ4n) is 2.39. The molecule has 25 heavy (non-hydrogen) atoms. The monoisotopic (exact) mass is 337 g/mol. The molecule has 0 aliphatic heterocycles. The summed E-state index contributed by atoms with van der Waals surface area (Å²) < 4.78 is 5.43. The molecule has 0 unspecified atom stereocenters. The van der Waals surface area contributed by atoms with Gasteiger partial charge in [-0.2, -0.15) is 5.26 Å².